The minimum Gasteiger partial charge on any atom is -0.340 e. The van der Waals surface area contributed by atoms with Crippen molar-refractivity contribution in [1.82, 2.24) is 19.4 Å². The van der Waals surface area contributed by atoms with Gasteiger partial charge in [-0.25, -0.2) is 13.5 Å². The monoisotopic (exact) mass is 482 g/mol. The summed E-state index contributed by atoms with van der Waals surface area (Å²) in [7, 11) is -3.68. The molecule has 2 heterocycles. The highest BCUT2D eigenvalue weighted by atomic mass is 32.2. The highest BCUT2D eigenvalue weighted by Crippen LogP contribution is 2.32. The van der Waals surface area contributed by atoms with Gasteiger partial charge in [0.25, 0.3) is 5.56 Å². The fourth-order valence-electron chi connectivity index (χ4n) is 4.72. The maximum absolute atomic E-state index is 13.6. The summed E-state index contributed by atoms with van der Waals surface area (Å²) >= 11 is 0. The zero-order valence-electron chi connectivity index (χ0n) is 20.2. The normalized spacial score (nSPS) is 15.1. The summed E-state index contributed by atoms with van der Waals surface area (Å²) in [6.07, 6.45) is 0.0403. The van der Waals surface area contributed by atoms with Crippen molar-refractivity contribution < 1.29 is 13.2 Å². The molecule has 34 heavy (non-hydrogen) atoms. The zero-order chi connectivity index (χ0) is 24.8. The Kier molecular flexibility index (Phi) is 6.35. The quantitative estimate of drug-likeness (QED) is 0.616. The largest absolute Gasteiger partial charge is 0.340 e. The van der Waals surface area contributed by atoms with Crippen LogP contribution in [-0.2, 0) is 21.2 Å². The third kappa shape index (κ3) is 4.03. The van der Waals surface area contributed by atoms with Crippen molar-refractivity contribution in [3.05, 3.63) is 68.1 Å². The zero-order valence-corrected chi connectivity index (χ0v) is 21.0. The second kappa shape index (κ2) is 8.96. The van der Waals surface area contributed by atoms with Crippen LogP contribution in [0.3, 0.4) is 0 Å². The van der Waals surface area contributed by atoms with Crippen LogP contribution < -0.4 is 5.56 Å². The van der Waals surface area contributed by atoms with E-state index in [-0.39, 0.29) is 31.0 Å². The van der Waals surface area contributed by atoms with E-state index in [9.17, 15) is 18.0 Å². The van der Waals surface area contributed by atoms with Gasteiger partial charge in [0.05, 0.1) is 22.4 Å². The van der Waals surface area contributed by atoms with E-state index in [1.807, 2.05) is 34.6 Å². The average Bonchev–Trinajstić information content (AvgIpc) is 2.83. The van der Waals surface area contributed by atoms with Crippen LogP contribution in [-0.4, -0.2) is 59.9 Å². The Labute approximate surface area is 199 Å². The maximum atomic E-state index is 13.6. The number of nitrogens with one attached hydrogen (secondary N) is 1. The Morgan fingerprint density at radius 3 is 2.00 bits per heavy atom. The van der Waals surface area contributed by atoms with E-state index in [0.717, 1.165) is 27.8 Å². The van der Waals surface area contributed by atoms with Crippen molar-refractivity contribution in [2.75, 3.05) is 26.2 Å². The summed E-state index contributed by atoms with van der Waals surface area (Å²) in [6.45, 7) is 10.8. The molecule has 0 aliphatic carbocycles. The summed E-state index contributed by atoms with van der Waals surface area (Å²) in [6, 6.07) is 7.05. The lowest BCUT2D eigenvalue weighted by atomic mass is 9.95. The van der Waals surface area contributed by atoms with Crippen molar-refractivity contribution in [2.24, 2.45) is 0 Å². The number of nitrogens with zero attached hydrogens (tertiary/aromatic N) is 3. The summed E-state index contributed by atoms with van der Waals surface area (Å²) in [5.74, 6) is -0.142. The first-order valence-corrected chi connectivity index (χ1v) is 12.8. The number of H-pyrrole nitrogens is 1. The molecule has 1 saturated heterocycles. The van der Waals surface area contributed by atoms with Crippen LogP contribution in [0.2, 0.25) is 0 Å². The molecular weight excluding hydrogens is 452 g/mol. The van der Waals surface area contributed by atoms with Crippen LogP contribution >= 0.6 is 0 Å². The first kappa shape index (κ1) is 24.1. The maximum Gasteiger partial charge on any atom is 0.272 e. The van der Waals surface area contributed by atoms with Gasteiger partial charge >= 0.3 is 0 Å². The number of aromatic amines is 1. The minimum absolute atomic E-state index is 0.0403. The lowest BCUT2D eigenvalue weighted by Crippen LogP contribution is -2.51. The number of fused-ring (bicyclic) bond motifs is 1. The molecule has 1 aromatic heterocycles. The molecule has 1 amide bonds. The number of carbonyl (C=O) groups excluding carboxylic acids is 1. The van der Waals surface area contributed by atoms with Crippen molar-refractivity contribution in [2.45, 2.75) is 45.9 Å². The molecule has 1 fully saturated rings. The number of sulfonamides is 1. The molecule has 0 bridgehead atoms. The van der Waals surface area contributed by atoms with Crippen molar-refractivity contribution in [1.29, 1.82) is 0 Å². The van der Waals surface area contributed by atoms with Gasteiger partial charge in [0.2, 0.25) is 15.9 Å². The topological polar surface area (TPSA) is 103 Å². The SMILES string of the molecule is Cc1c(C)c(C)c(S(=O)(=O)N2CCN(C(=O)Cc3n[nH]c(=O)c4ccccc34)CC2)c(C)c1C. The lowest BCUT2D eigenvalue weighted by Gasteiger charge is -2.35. The third-order valence-electron chi connectivity index (χ3n) is 7.21. The predicted molar refractivity (Wildman–Crippen MR) is 132 cm³/mol. The van der Waals surface area contributed by atoms with Gasteiger partial charge in [-0.15, -0.1) is 0 Å². The average molecular weight is 483 g/mol. The van der Waals surface area contributed by atoms with Crippen LogP contribution in [0.5, 0.6) is 0 Å². The first-order valence-electron chi connectivity index (χ1n) is 11.3. The highest BCUT2D eigenvalue weighted by Gasteiger charge is 2.33. The lowest BCUT2D eigenvalue weighted by molar-refractivity contribution is -0.131. The van der Waals surface area contributed by atoms with E-state index in [2.05, 4.69) is 10.2 Å². The molecule has 1 aliphatic rings. The molecule has 180 valence electrons. The van der Waals surface area contributed by atoms with Gasteiger partial charge in [-0.2, -0.15) is 9.40 Å². The summed E-state index contributed by atoms with van der Waals surface area (Å²) < 4.78 is 28.6. The van der Waals surface area contributed by atoms with Crippen LogP contribution in [0.15, 0.2) is 34.0 Å². The second-order valence-corrected chi connectivity index (χ2v) is 10.8. The van der Waals surface area contributed by atoms with Crippen LogP contribution in [0, 0.1) is 34.6 Å². The Morgan fingerprint density at radius 2 is 1.41 bits per heavy atom. The molecule has 2 aromatic carbocycles. The number of rotatable bonds is 4. The van der Waals surface area contributed by atoms with E-state index in [1.54, 1.807) is 29.2 Å². The van der Waals surface area contributed by atoms with E-state index >= 15 is 0 Å². The number of piperazine rings is 1. The number of hydrogen-bond acceptors (Lipinski definition) is 5. The molecule has 0 radical (unpaired) electrons. The molecule has 1 aliphatic heterocycles. The predicted octanol–water partition coefficient (Wildman–Crippen LogP) is 2.54. The molecular formula is C25H30N4O4S. The Morgan fingerprint density at radius 1 is 0.882 bits per heavy atom. The molecule has 0 atom stereocenters. The van der Waals surface area contributed by atoms with Gasteiger partial charge in [-0.1, -0.05) is 18.2 Å². The summed E-state index contributed by atoms with van der Waals surface area (Å²) in [5, 5.41) is 7.68. The molecule has 9 heteroatoms. The van der Waals surface area contributed by atoms with Gasteiger partial charge in [-0.3, -0.25) is 9.59 Å². The van der Waals surface area contributed by atoms with Gasteiger partial charge in [0.1, 0.15) is 0 Å². The Balaban J connectivity index is 1.52. The molecule has 0 unspecified atom stereocenters. The summed E-state index contributed by atoms with van der Waals surface area (Å²) in [5.41, 5.74) is 4.90. The first-order chi connectivity index (χ1) is 16.0. The fraction of sp³-hybridized carbons (Fsp3) is 0.400. The van der Waals surface area contributed by atoms with Gasteiger partial charge < -0.3 is 4.90 Å². The minimum atomic E-state index is -3.68. The van der Waals surface area contributed by atoms with Crippen molar-refractivity contribution in [3.63, 3.8) is 0 Å². The molecule has 4 rings (SSSR count). The number of aromatic nitrogens is 2. The molecule has 3 aromatic rings. The Hall–Kier alpha value is -3.04. The van der Waals surface area contributed by atoms with Crippen LogP contribution in [0.4, 0.5) is 0 Å². The number of carbonyl (C=O) groups is 1. The van der Waals surface area contributed by atoms with Crippen LogP contribution in [0.1, 0.15) is 33.5 Å². The number of benzene rings is 2. The second-order valence-electron chi connectivity index (χ2n) is 8.96. The van der Waals surface area contributed by atoms with Crippen molar-refractivity contribution in [3.8, 4) is 0 Å². The number of amides is 1. The standard InChI is InChI=1S/C25H30N4O4S/c1-15-16(2)18(4)24(19(5)17(15)3)34(32,33)29-12-10-28(11-13-29)23(30)14-22-20-8-6-7-9-21(20)25(31)27-26-22/h6-9H,10-14H2,1-5H3,(H,27,31). The van der Waals surface area contributed by atoms with E-state index in [0.29, 0.717) is 34.5 Å². The molecule has 0 spiro atoms. The van der Waals surface area contributed by atoms with E-state index in [1.165, 1.54) is 4.31 Å². The van der Waals surface area contributed by atoms with Gasteiger partial charge in [0.15, 0.2) is 0 Å². The molecule has 8 nitrogen and oxygen atoms in total. The smallest absolute Gasteiger partial charge is 0.272 e. The van der Waals surface area contributed by atoms with Crippen molar-refractivity contribution >= 4 is 26.7 Å². The molecule has 0 saturated carbocycles. The number of hydrogen-bond donors (Lipinski definition) is 1. The van der Waals surface area contributed by atoms with Crippen LogP contribution in [0.25, 0.3) is 10.8 Å². The molecule has 1 N–H and O–H groups in total. The van der Waals surface area contributed by atoms with Gasteiger partial charge in [0, 0.05) is 31.6 Å². The van der Waals surface area contributed by atoms with E-state index < -0.39 is 10.0 Å². The third-order valence-corrected chi connectivity index (χ3v) is 9.39. The Bertz CT molecular complexity index is 1420. The van der Waals surface area contributed by atoms with E-state index in [4.69, 9.17) is 0 Å². The van der Waals surface area contributed by atoms with Gasteiger partial charge in [-0.05, 0) is 68.5 Å². The fourth-order valence-corrected chi connectivity index (χ4v) is 6.70. The highest BCUT2D eigenvalue weighted by molar-refractivity contribution is 7.89. The summed E-state index contributed by atoms with van der Waals surface area (Å²) in [4.78, 5) is 27.0.